The minimum atomic E-state index is -4.82. The first kappa shape index (κ1) is 20.4. The van der Waals surface area contributed by atoms with Crippen molar-refractivity contribution < 1.29 is 26.3 Å². The lowest BCUT2D eigenvalue weighted by atomic mass is 9.97. The summed E-state index contributed by atoms with van der Waals surface area (Å²) in [6.45, 7) is 1.85. The average molecular weight is 415 g/mol. The number of hydrogen-bond donors (Lipinski definition) is 1. The van der Waals surface area contributed by atoms with Crippen LogP contribution in [0.3, 0.4) is 0 Å². The van der Waals surface area contributed by atoms with Crippen molar-refractivity contribution in [2.75, 3.05) is 24.5 Å². The molecule has 0 saturated carbocycles. The number of aromatic nitrogens is 1. The van der Waals surface area contributed by atoms with Crippen molar-refractivity contribution in [1.82, 2.24) is 9.71 Å². The molecule has 1 aliphatic heterocycles. The van der Waals surface area contributed by atoms with E-state index in [4.69, 9.17) is 0 Å². The number of pyridine rings is 1. The number of anilines is 1. The van der Waals surface area contributed by atoms with E-state index in [2.05, 4.69) is 19.3 Å². The van der Waals surface area contributed by atoms with Crippen molar-refractivity contribution >= 4 is 15.8 Å². The second-order valence-corrected chi connectivity index (χ2v) is 8.26. The second-order valence-electron chi connectivity index (χ2n) is 6.49. The van der Waals surface area contributed by atoms with Crippen LogP contribution >= 0.6 is 0 Å². The average Bonchev–Trinajstić information content (AvgIpc) is 2.67. The van der Waals surface area contributed by atoms with E-state index in [0.29, 0.717) is 0 Å². The molecule has 1 fully saturated rings. The lowest BCUT2D eigenvalue weighted by molar-refractivity contribution is -0.274. The highest BCUT2D eigenvalue weighted by atomic mass is 32.2. The molecule has 6 nitrogen and oxygen atoms in total. The fourth-order valence-corrected chi connectivity index (χ4v) is 4.15. The second kappa shape index (κ2) is 8.36. The van der Waals surface area contributed by atoms with Gasteiger partial charge in [-0.2, -0.15) is 0 Å². The van der Waals surface area contributed by atoms with Crippen molar-refractivity contribution in [3.63, 3.8) is 0 Å². The summed E-state index contributed by atoms with van der Waals surface area (Å²) in [6, 6.07) is 9.86. The van der Waals surface area contributed by atoms with Gasteiger partial charge < -0.3 is 9.64 Å². The molecule has 1 N–H and O–H groups in total. The molecule has 3 rings (SSSR count). The van der Waals surface area contributed by atoms with Crippen LogP contribution in [0.2, 0.25) is 0 Å². The van der Waals surface area contributed by atoms with Crippen molar-refractivity contribution in [3.05, 3.63) is 48.7 Å². The monoisotopic (exact) mass is 415 g/mol. The first-order chi connectivity index (χ1) is 13.2. The number of hydrogen-bond acceptors (Lipinski definition) is 5. The molecule has 1 aliphatic rings. The minimum absolute atomic E-state index is 0.104. The van der Waals surface area contributed by atoms with Gasteiger partial charge in [-0.3, -0.25) is 0 Å². The van der Waals surface area contributed by atoms with E-state index in [1.807, 2.05) is 18.2 Å². The maximum Gasteiger partial charge on any atom is 0.573 e. The standard InChI is InChI=1S/C18H20F3N3O3S/c19-18(20,21)27-15-4-6-16(7-5-15)28(25,26)23-13-14-8-11-24(12-9-14)17-3-1-2-10-22-17/h1-7,10,14,23H,8-9,11-13H2. The number of nitrogens with zero attached hydrogens (tertiary/aromatic N) is 2. The van der Waals surface area contributed by atoms with E-state index in [9.17, 15) is 21.6 Å². The van der Waals surface area contributed by atoms with Gasteiger partial charge in [0, 0.05) is 25.8 Å². The predicted molar refractivity (Wildman–Crippen MR) is 97.5 cm³/mol. The molecule has 10 heteroatoms. The smallest absolute Gasteiger partial charge is 0.406 e. The van der Waals surface area contributed by atoms with Gasteiger partial charge in [0.2, 0.25) is 10.0 Å². The fourth-order valence-electron chi connectivity index (χ4n) is 3.04. The molecule has 152 valence electrons. The maximum absolute atomic E-state index is 12.4. The van der Waals surface area contributed by atoms with Crippen LogP contribution in [-0.4, -0.2) is 39.4 Å². The third kappa shape index (κ3) is 5.59. The van der Waals surface area contributed by atoms with E-state index in [0.717, 1.165) is 56.0 Å². The number of ether oxygens (including phenoxy) is 1. The molecule has 0 bridgehead atoms. The molecule has 0 radical (unpaired) electrons. The number of sulfonamides is 1. The van der Waals surface area contributed by atoms with Gasteiger partial charge in [-0.1, -0.05) is 6.07 Å². The Morgan fingerprint density at radius 3 is 2.36 bits per heavy atom. The Hall–Kier alpha value is -2.33. The fraction of sp³-hybridized carbons (Fsp3) is 0.389. The van der Waals surface area contributed by atoms with E-state index in [1.54, 1.807) is 6.20 Å². The Bertz CT molecular complexity index is 866. The molecule has 0 unspecified atom stereocenters. The van der Waals surface area contributed by atoms with Gasteiger partial charge in [0.05, 0.1) is 4.90 Å². The summed E-state index contributed by atoms with van der Waals surface area (Å²) >= 11 is 0. The summed E-state index contributed by atoms with van der Waals surface area (Å²) in [6.07, 6.45) is -1.45. The largest absolute Gasteiger partial charge is 0.573 e. The predicted octanol–water partition coefficient (Wildman–Crippen LogP) is 3.18. The molecule has 2 aromatic rings. The Morgan fingerprint density at radius 1 is 1.11 bits per heavy atom. The molecule has 28 heavy (non-hydrogen) atoms. The SMILES string of the molecule is O=S(=O)(NCC1CCN(c2ccccn2)CC1)c1ccc(OC(F)(F)F)cc1. The third-order valence-corrected chi connectivity index (χ3v) is 5.96. The molecule has 1 saturated heterocycles. The molecule has 0 atom stereocenters. The Kier molecular flexibility index (Phi) is 6.09. The van der Waals surface area contributed by atoms with Crippen LogP contribution in [0.1, 0.15) is 12.8 Å². The number of nitrogens with one attached hydrogen (secondary N) is 1. The number of benzene rings is 1. The number of rotatable bonds is 6. The van der Waals surface area contributed by atoms with Crippen molar-refractivity contribution in [1.29, 1.82) is 0 Å². The van der Waals surface area contributed by atoms with Crippen LogP contribution in [0, 0.1) is 5.92 Å². The van der Waals surface area contributed by atoms with Crippen LogP contribution in [-0.2, 0) is 10.0 Å². The van der Waals surface area contributed by atoms with E-state index < -0.39 is 22.1 Å². The molecule has 1 aromatic carbocycles. The summed E-state index contributed by atoms with van der Waals surface area (Å²) in [4.78, 5) is 6.37. The van der Waals surface area contributed by atoms with Gasteiger partial charge >= 0.3 is 6.36 Å². The highest BCUT2D eigenvalue weighted by molar-refractivity contribution is 7.89. The maximum atomic E-state index is 12.4. The van der Waals surface area contributed by atoms with Crippen molar-refractivity contribution in [3.8, 4) is 5.75 Å². The quantitative estimate of drug-likeness (QED) is 0.785. The summed E-state index contributed by atoms with van der Waals surface area (Å²) in [5.41, 5.74) is 0. The third-order valence-electron chi connectivity index (χ3n) is 4.52. The van der Waals surface area contributed by atoms with Gasteiger partial charge in [0.1, 0.15) is 11.6 Å². The summed E-state index contributed by atoms with van der Waals surface area (Å²) < 4.78 is 67.5. The van der Waals surface area contributed by atoms with Crippen LogP contribution in [0.25, 0.3) is 0 Å². The van der Waals surface area contributed by atoms with Crippen LogP contribution in [0.5, 0.6) is 5.75 Å². The highest BCUT2D eigenvalue weighted by Gasteiger charge is 2.31. The van der Waals surface area contributed by atoms with Gasteiger partial charge in [-0.15, -0.1) is 13.2 Å². The zero-order valence-corrected chi connectivity index (χ0v) is 15.7. The molecule has 2 heterocycles. The van der Waals surface area contributed by atoms with E-state index in [1.165, 1.54) is 0 Å². The van der Waals surface area contributed by atoms with Crippen molar-refractivity contribution in [2.45, 2.75) is 24.1 Å². The highest BCUT2D eigenvalue weighted by Crippen LogP contribution is 2.24. The molecule has 0 amide bonds. The molecule has 0 spiro atoms. The molecule has 1 aromatic heterocycles. The molecular formula is C18H20F3N3O3S. The lowest BCUT2D eigenvalue weighted by Crippen LogP contribution is -2.39. The van der Waals surface area contributed by atoms with Crippen LogP contribution < -0.4 is 14.4 Å². The molecular weight excluding hydrogens is 395 g/mol. The minimum Gasteiger partial charge on any atom is -0.406 e. The Labute approximate surface area is 161 Å². The lowest BCUT2D eigenvalue weighted by Gasteiger charge is -2.32. The van der Waals surface area contributed by atoms with E-state index in [-0.39, 0.29) is 17.4 Å². The van der Waals surface area contributed by atoms with Gasteiger partial charge in [-0.25, -0.2) is 18.1 Å². The summed E-state index contributed by atoms with van der Waals surface area (Å²) in [5, 5.41) is 0. The zero-order chi connectivity index (χ0) is 20.2. The normalized spacial score (nSPS) is 16.2. The van der Waals surface area contributed by atoms with Gasteiger partial charge in [-0.05, 0) is 55.2 Å². The van der Waals surface area contributed by atoms with Crippen LogP contribution in [0.4, 0.5) is 19.0 Å². The first-order valence-electron chi connectivity index (χ1n) is 8.74. The number of piperidine rings is 1. The Morgan fingerprint density at radius 2 is 1.79 bits per heavy atom. The summed E-state index contributed by atoms with van der Waals surface area (Å²) in [5.74, 6) is 0.624. The van der Waals surface area contributed by atoms with Crippen molar-refractivity contribution in [2.24, 2.45) is 5.92 Å². The molecule has 0 aliphatic carbocycles. The first-order valence-corrected chi connectivity index (χ1v) is 10.2. The summed E-state index contributed by atoms with van der Waals surface area (Å²) in [7, 11) is -3.80. The Balaban J connectivity index is 1.51. The van der Waals surface area contributed by atoms with E-state index >= 15 is 0 Å². The number of alkyl halides is 3. The zero-order valence-electron chi connectivity index (χ0n) is 14.9. The number of halogens is 3. The topological polar surface area (TPSA) is 71.5 Å². The van der Waals surface area contributed by atoms with Gasteiger partial charge in [0.15, 0.2) is 0 Å². The van der Waals surface area contributed by atoms with Gasteiger partial charge in [0.25, 0.3) is 0 Å². The van der Waals surface area contributed by atoms with Crippen LogP contribution in [0.15, 0.2) is 53.6 Å².